The van der Waals surface area contributed by atoms with E-state index in [0.29, 0.717) is 5.56 Å². The maximum Gasteiger partial charge on any atom is 0.333 e. The maximum atomic E-state index is 11.6. The van der Waals surface area contributed by atoms with Crippen molar-refractivity contribution >= 4 is 12.0 Å². The molecule has 0 aromatic heterocycles. The second-order valence-corrected chi connectivity index (χ2v) is 4.77. The molecule has 1 aliphatic heterocycles. The summed E-state index contributed by atoms with van der Waals surface area (Å²) < 4.78 is 9.74. The number of aliphatic hydroxyl groups excluding tert-OH is 3. The molecule has 22 heavy (non-hydrogen) atoms. The molecule has 2 rings (SSSR count). The number of phenolic OH excluding ortho intramolecular Hbond substituents is 2. The van der Waals surface area contributed by atoms with Crippen molar-refractivity contribution < 1.29 is 39.8 Å². The van der Waals surface area contributed by atoms with Gasteiger partial charge >= 0.3 is 5.97 Å². The van der Waals surface area contributed by atoms with Crippen LogP contribution in [0, 0.1) is 0 Å². The average Bonchev–Trinajstić information content (AvgIpc) is 2.49. The van der Waals surface area contributed by atoms with Crippen LogP contribution in [0.2, 0.25) is 0 Å². The smallest absolute Gasteiger partial charge is 0.333 e. The highest BCUT2D eigenvalue weighted by Gasteiger charge is 2.39. The van der Waals surface area contributed by atoms with Crippen molar-refractivity contribution in [1.82, 2.24) is 0 Å². The summed E-state index contributed by atoms with van der Waals surface area (Å²) in [4.78, 5) is 11.6. The normalized spacial score (nSPS) is 28.7. The highest BCUT2D eigenvalue weighted by Crippen LogP contribution is 2.25. The number of carbonyl (C=O) groups is 1. The second-order valence-electron chi connectivity index (χ2n) is 4.77. The molecule has 4 atom stereocenters. The number of ether oxygens (including phenoxy) is 2. The minimum Gasteiger partial charge on any atom is -0.504 e. The number of esters is 1. The van der Waals surface area contributed by atoms with Gasteiger partial charge in [0.25, 0.3) is 0 Å². The minimum absolute atomic E-state index is 0.272. The molecule has 0 bridgehead atoms. The Morgan fingerprint density at radius 2 is 1.91 bits per heavy atom. The van der Waals surface area contributed by atoms with Crippen molar-refractivity contribution in [3.8, 4) is 11.5 Å². The SMILES string of the molecule is O=C(C=Cc1ccc(O)c(O)c1)O[C@@H]1OC[C@@H](O)[C@H](O)[C@H]1O. The highest BCUT2D eigenvalue weighted by molar-refractivity contribution is 5.87. The van der Waals surface area contributed by atoms with Crippen LogP contribution < -0.4 is 0 Å². The Morgan fingerprint density at radius 1 is 1.18 bits per heavy atom. The molecule has 1 aromatic rings. The van der Waals surface area contributed by atoms with Crippen molar-refractivity contribution in [2.75, 3.05) is 6.61 Å². The zero-order valence-corrected chi connectivity index (χ0v) is 11.4. The molecule has 0 spiro atoms. The van der Waals surface area contributed by atoms with Crippen molar-refractivity contribution in [1.29, 1.82) is 0 Å². The molecular weight excluding hydrogens is 296 g/mol. The molecule has 8 heteroatoms. The molecule has 0 amide bonds. The van der Waals surface area contributed by atoms with Gasteiger partial charge in [-0.3, -0.25) is 0 Å². The van der Waals surface area contributed by atoms with Crippen LogP contribution in [0.3, 0.4) is 0 Å². The van der Waals surface area contributed by atoms with E-state index in [1.165, 1.54) is 24.3 Å². The van der Waals surface area contributed by atoms with E-state index in [1.807, 2.05) is 0 Å². The lowest BCUT2D eigenvalue weighted by atomic mass is 10.1. The van der Waals surface area contributed by atoms with Gasteiger partial charge in [-0.1, -0.05) is 6.07 Å². The Morgan fingerprint density at radius 3 is 2.59 bits per heavy atom. The first-order valence-corrected chi connectivity index (χ1v) is 6.45. The van der Waals surface area contributed by atoms with Crippen LogP contribution in [0.5, 0.6) is 11.5 Å². The molecule has 1 aliphatic rings. The van der Waals surface area contributed by atoms with E-state index in [9.17, 15) is 25.2 Å². The first kappa shape index (κ1) is 16.2. The van der Waals surface area contributed by atoms with E-state index in [2.05, 4.69) is 0 Å². The quantitative estimate of drug-likeness (QED) is 0.275. The predicted octanol–water partition coefficient (Wildman–Crippen LogP) is -0.907. The summed E-state index contributed by atoms with van der Waals surface area (Å²) in [6.45, 7) is -0.272. The van der Waals surface area contributed by atoms with Crippen LogP contribution in [0.25, 0.3) is 6.08 Å². The number of phenols is 2. The first-order chi connectivity index (χ1) is 10.4. The van der Waals surface area contributed by atoms with E-state index in [-0.39, 0.29) is 18.1 Å². The maximum absolute atomic E-state index is 11.6. The molecule has 0 saturated carbocycles. The molecule has 1 saturated heterocycles. The van der Waals surface area contributed by atoms with Crippen LogP contribution in [0.4, 0.5) is 0 Å². The van der Waals surface area contributed by atoms with Gasteiger partial charge in [-0.15, -0.1) is 0 Å². The molecule has 120 valence electrons. The van der Waals surface area contributed by atoms with Gasteiger partial charge in [0.1, 0.15) is 18.3 Å². The summed E-state index contributed by atoms with van der Waals surface area (Å²) in [5, 5.41) is 46.8. The predicted molar refractivity (Wildman–Crippen MR) is 72.7 cm³/mol. The van der Waals surface area contributed by atoms with Gasteiger partial charge in [0.05, 0.1) is 6.61 Å². The summed E-state index contributed by atoms with van der Waals surface area (Å²) in [6.07, 6.45) is -3.31. The van der Waals surface area contributed by atoms with Gasteiger partial charge in [-0.2, -0.15) is 0 Å². The molecule has 1 heterocycles. The third-order valence-corrected chi connectivity index (χ3v) is 3.10. The molecule has 5 N–H and O–H groups in total. The summed E-state index contributed by atoms with van der Waals surface area (Å²) >= 11 is 0. The highest BCUT2D eigenvalue weighted by atomic mass is 16.7. The van der Waals surface area contributed by atoms with E-state index in [0.717, 1.165) is 6.08 Å². The Kier molecular flexibility index (Phi) is 4.99. The lowest BCUT2D eigenvalue weighted by molar-refractivity contribution is -0.260. The third-order valence-electron chi connectivity index (χ3n) is 3.10. The molecular formula is C14H16O8. The van der Waals surface area contributed by atoms with Gasteiger partial charge in [0, 0.05) is 6.08 Å². The van der Waals surface area contributed by atoms with E-state index in [1.54, 1.807) is 0 Å². The van der Waals surface area contributed by atoms with Crippen molar-refractivity contribution in [2.45, 2.75) is 24.6 Å². The fraction of sp³-hybridized carbons (Fsp3) is 0.357. The van der Waals surface area contributed by atoms with Crippen LogP contribution in [0.15, 0.2) is 24.3 Å². The Balaban J connectivity index is 1.95. The summed E-state index contributed by atoms with van der Waals surface area (Å²) in [5.41, 5.74) is 0.438. The lowest BCUT2D eigenvalue weighted by Crippen LogP contribution is -2.54. The largest absolute Gasteiger partial charge is 0.504 e. The fourth-order valence-corrected chi connectivity index (χ4v) is 1.85. The first-order valence-electron chi connectivity index (χ1n) is 6.45. The van der Waals surface area contributed by atoms with Gasteiger partial charge in [-0.25, -0.2) is 4.79 Å². The Bertz CT molecular complexity index is 570. The van der Waals surface area contributed by atoms with Crippen LogP contribution in [-0.2, 0) is 14.3 Å². The number of hydrogen-bond acceptors (Lipinski definition) is 8. The van der Waals surface area contributed by atoms with Crippen LogP contribution in [-0.4, -0.2) is 62.7 Å². The van der Waals surface area contributed by atoms with Crippen LogP contribution in [0.1, 0.15) is 5.56 Å². The van der Waals surface area contributed by atoms with E-state index >= 15 is 0 Å². The number of rotatable bonds is 3. The Hall–Kier alpha value is -2.13. The van der Waals surface area contributed by atoms with Crippen molar-refractivity contribution in [3.63, 3.8) is 0 Å². The lowest BCUT2D eigenvalue weighted by Gasteiger charge is -2.34. The summed E-state index contributed by atoms with van der Waals surface area (Å²) in [5.74, 6) is -1.47. The monoisotopic (exact) mass is 312 g/mol. The van der Waals surface area contributed by atoms with Gasteiger partial charge in [0.15, 0.2) is 11.5 Å². The standard InChI is InChI=1S/C14H16O8/c15-8-3-1-7(5-9(8)16)2-4-11(18)22-14-13(20)12(19)10(17)6-21-14/h1-5,10,12-17,19-20H,6H2/t10-,12+,13-,14+/m1/s1. The number of carbonyl (C=O) groups excluding carboxylic acids is 1. The molecule has 0 aliphatic carbocycles. The van der Waals surface area contributed by atoms with Crippen molar-refractivity contribution in [2.24, 2.45) is 0 Å². The van der Waals surface area contributed by atoms with E-state index in [4.69, 9.17) is 14.6 Å². The van der Waals surface area contributed by atoms with Gasteiger partial charge in [-0.05, 0) is 23.8 Å². The zero-order valence-electron chi connectivity index (χ0n) is 11.4. The number of aliphatic hydroxyl groups is 3. The molecule has 0 unspecified atom stereocenters. The third kappa shape index (κ3) is 3.74. The average molecular weight is 312 g/mol. The van der Waals surface area contributed by atoms with E-state index < -0.39 is 30.6 Å². The molecule has 8 nitrogen and oxygen atoms in total. The second kappa shape index (κ2) is 6.75. The number of benzene rings is 1. The minimum atomic E-state index is -1.56. The summed E-state index contributed by atoms with van der Waals surface area (Å²) in [7, 11) is 0. The fourth-order valence-electron chi connectivity index (χ4n) is 1.85. The van der Waals surface area contributed by atoms with Crippen molar-refractivity contribution in [3.05, 3.63) is 29.8 Å². The topological polar surface area (TPSA) is 137 Å². The van der Waals surface area contributed by atoms with Crippen LogP contribution >= 0.6 is 0 Å². The number of aromatic hydroxyl groups is 2. The Labute approximate surface area is 125 Å². The molecule has 0 radical (unpaired) electrons. The van der Waals surface area contributed by atoms with Gasteiger partial charge in [0.2, 0.25) is 6.29 Å². The summed E-state index contributed by atoms with van der Waals surface area (Å²) in [6, 6.07) is 3.96. The van der Waals surface area contributed by atoms with Gasteiger partial charge < -0.3 is 35.0 Å². The molecule has 1 aromatic carbocycles. The zero-order chi connectivity index (χ0) is 16.3. The molecule has 1 fully saturated rings. The number of hydrogen-bond donors (Lipinski definition) is 5.